The highest BCUT2D eigenvalue weighted by Crippen LogP contribution is 2.66. The lowest BCUT2D eigenvalue weighted by Gasteiger charge is -2.61. The number of rotatable bonds is 4. The number of carbonyl (C=O) groups excluding carboxylic acids is 4. The van der Waals surface area contributed by atoms with Crippen molar-refractivity contribution in [2.45, 2.75) is 91.1 Å². The topological polar surface area (TPSA) is 86.7 Å². The molecule has 31 heavy (non-hydrogen) atoms. The zero-order chi connectivity index (χ0) is 22.6. The molecule has 0 aromatic heterocycles. The van der Waals surface area contributed by atoms with Crippen LogP contribution >= 0.6 is 0 Å². The van der Waals surface area contributed by atoms with E-state index in [-0.39, 0.29) is 29.1 Å². The first kappa shape index (κ1) is 22.5. The SMILES string of the molecule is CC(=O)OCC(=O)[C@@]1(OC(C)=O)CC[C@@]2(C)[C@@H](CC[C@@H]3[C@@H]2CC[C@]2(C)C(=O)CC[C@@H]32)C1. The smallest absolute Gasteiger partial charge is 0.303 e. The molecule has 6 heteroatoms. The van der Waals surface area contributed by atoms with E-state index in [1.165, 1.54) is 13.8 Å². The van der Waals surface area contributed by atoms with Crippen LogP contribution in [0.1, 0.15) is 85.5 Å². The molecule has 0 amide bonds. The molecule has 0 aromatic carbocycles. The van der Waals surface area contributed by atoms with Crippen LogP contribution in [0.5, 0.6) is 0 Å². The third-order valence-corrected chi connectivity index (χ3v) is 9.67. The molecule has 0 aromatic rings. The molecule has 0 unspecified atom stereocenters. The summed E-state index contributed by atoms with van der Waals surface area (Å²) < 4.78 is 10.6. The minimum atomic E-state index is -1.19. The summed E-state index contributed by atoms with van der Waals surface area (Å²) in [5.74, 6) is 1.07. The summed E-state index contributed by atoms with van der Waals surface area (Å²) in [5.41, 5.74) is -1.24. The van der Waals surface area contributed by atoms with Gasteiger partial charge in [-0.2, -0.15) is 0 Å². The highest BCUT2D eigenvalue weighted by atomic mass is 16.6. The number of esters is 2. The minimum absolute atomic E-state index is 0.0846. The Balaban J connectivity index is 1.56. The highest BCUT2D eigenvalue weighted by Gasteiger charge is 2.62. The largest absolute Gasteiger partial charge is 0.458 e. The Morgan fingerprint density at radius 2 is 1.68 bits per heavy atom. The standard InChI is InChI=1S/C25H36O6/c1-15(26)30-14-22(29)25(31-16(2)27)12-11-23(3)17(13-25)5-6-18-19-7-8-21(28)24(19,4)10-9-20(18)23/h17-20H,5-14H2,1-4H3/t17-,18-,19-,20-,23-,24-,25+/m0/s1. The van der Waals surface area contributed by atoms with Crippen LogP contribution in [0, 0.1) is 34.5 Å². The van der Waals surface area contributed by atoms with Gasteiger partial charge in [-0.15, -0.1) is 0 Å². The van der Waals surface area contributed by atoms with Gasteiger partial charge in [-0.3, -0.25) is 19.2 Å². The zero-order valence-electron chi connectivity index (χ0n) is 19.3. The molecule has 6 nitrogen and oxygen atoms in total. The number of Topliss-reactive ketones (excluding diaryl/α,β-unsaturated/α-hetero) is 2. The molecular weight excluding hydrogens is 396 g/mol. The van der Waals surface area contributed by atoms with E-state index in [0.29, 0.717) is 36.4 Å². The van der Waals surface area contributed by atoms with E-state index in [9.17, 15) is 19.2 Å². The van der Waals surface area contributed by atoms with Crippen molar-refractivity contribution in [1.82, 2.24) is 0 Å². The average molecular weight is 433 g/mol. The van der Waals surface area contributed by atoms with Gasteiger partial charge in [0.15, 0.2) is 12.2 Å². The van der Waals surface area contributed by atoms with Gasteiger partial charge in [-0.25, -0.2) is 0 Å². The highest BCUT2D eigenvalue weighted by molar-refractivity contribution is 5.91. The van der Waals surface area contributed by atoms with Crippen LogP contribution in [0.2, 0.25) is 0 Å². The van der Waals surface area contributed by atoms with Crippen LogP contribution in [0.15, 0.2) is 0 Å². The summed E-state index contributed by atoms with van der Waals surface area (Å²) in [7, 11) is 0. The van der Waals surface area contributed by atoms with Crippen molar-refractivity contribution in [3.8, 4) is 0 Å². The Kier molecular flexibility index (Phi) is 5.58. The Morgan fingerprint density at radius 1 is 0.935 bits per heavy atom. The molecule has 4 aliphatic carbocycles. The van der Waals surface area contributed by atoms with E-state index in [2.05, 4.69) is 13.8 Å². The Hall–Kier alpha value is -1.72. The van der Waals surface area contributed by atoms with E-state index in [0.717, 1.165) is 44.9 Å². The molecular formula is C25H36O6. The van der Waals surface area contributed by atoms with Gasteiger partial charge in [0.2, 0.25) is 5.78 Å². The second kappa shape index (κ2) is 7.70. The number of carbonyl (C=O) groups is 4. The van der Waals surface area contributed by atoms with E-state index >= 15 is 0 Å². The van der Waals surface area contributed by atoms with Gasteiger partial charge in [-0.05, 0) is 80.5 Å². The van der Waals surface area contributed by atoms with E-state index < -0.39 is 17.5 Å². The molecule has 0 aliphatic heterocycles. The maximum atomic E-state index is 13.1. The van der Waals surface area contributed by atoms with Crippen molar-refractivity contribution in [3.63, 3.8) is 0 Å². The number of hydrogen-bond donors (Lipinski definition) is 0. The summed E-state index contributed by atoms with van der Waals surface area (Å²) in [5, 5.41) is 0. The lowest BCUT2D eigenvalue weighted by molar-refractivity contribution is -0.189. The van der Waals surface area contributed by atoms with Crippen LogP contribution in [-0.2, 0) is 28.7 Å². The van der Waals surface area contributed by atoms with E-state index in [1.54, 1.807) is 0 Å². The van der Waals surface area contributed by atoms with Gasteiger partial charge in [-0.1, -0.05) is 13.8 Å². The summed E-state index contributed by atoms with van der Waals surface area (Å²) in [6.45, 7) is 6.82. The fourth-order valence-corrected chi connectivity index (χ4v) is 7.98. The van der Waals surface area contributed by atoms with Crippen molar-refractivity contribution in [3.05, 3.63) is 0 Å². The molecule has 0 heterocycles. The van der Waals surface area contributed by atoms with Crippen molar-refractivity contribution >= 4 is 23.5 Å². The summed E-state index contributed by atoms with van der Waals surface area (Å²) >= 11 is 0. The van der Waals surface area contributed by atoms with Crippen molar-refractivity contribution in [2.75, 3.05) is 6.61 Å². The molecule has 4 aliphatic rings. The summed E-state index contributed by atoms with van der Waals surface area (Å²) in [6.07, 6.45) is 7.65. The normalized spacial score (nSPS) is 43.9. The first-order valence-corrected chi connectivity index (χ1v) is 11.9. The zero-order valence-corrected chi connectivity index (χ0v) is 19.3. The van der Waals surface area contributed by atoms with E-state index in [4.69, 9.17) is 9.47 Å². The first-order chi connectivity index (χ1) is 14.5. The number of hydrogen-bond acceptors (Lipinski definition) is 6. The van der Waals surface area contributed by atoms with E-state index in [1.807, 2.05) is 0 Å². The van der Waals surface area contributed by atoms with Crippen molar-refractivity contribution in [2.24, 2.45) is 34.5 Å². The fourth-order valence-electron chi connectivity index (χ4n) is 7.98. The summed E-state index contributed by atoms with van der Waals surface area (Å²) in [4.78, 5) is 48.8. The molecule has 4 saturated carbocycles. The second-order valence-electron chi connectivity index (χ2n) is 11.1. The minimum Gasteiger partial charge on any atom is -0.458 e. The molecule has 172 valence electrons. The number of ketones is 2. The maximum absolute atomic E-state index is 13.1. The first-order valence-electron chi connectivity index (χ1n) is 11.9. The molecule has 0 bridgehead atoms. The maximum Gasteiger partial charge on any atom is 0.303 e. The van der Waals surface area contributed by atoms with Crippen molar-refractivity contribution < 1.29 is 28.7 Å². The number of fused-ring (bicyclic) bond motifs is 5. The Labute approximate surface area is 184 Å². The van der Waals surface area contributed by atoms with Gasteiger partial charge >= 0.3 is 11.9 Å². The predicted octanol–water partition coefficient (Wildman–Crippen LogP) is 4.03. The van der Waals surface area contributed by atoms with Gasteiger partial charge in [0, 0.05) is 25.7 Å². The van der Waals surface area contributed by atoms with Crippen LogP contribution < -0.4 is 0 Å². The molecule has 7 atom stereocenters. The average Bonchev–Trinajstić information content (AvgIpc) is 3.01. The molecule has 4 rings (SSSR count). The lowest BCUT2D eigenvalue weighted by Crippen LogP contribution is -2.59. The van der Waals surface area contributed by atoms with Gasteiger partial charge < -0.3 is 9.47 Å². The predicted molar refractivity (Wildman–Crippen MR) is 113 cm³/mol. The second-order valence-corrected chi connectivity index (χ2v) is 11.1. The van der Waals surface area contributed by atoms with Gasteiger partial charge in [0.25, 0.3) is 0 Å². The lowest BCUT2D eigenvalue weighted by atomic mass is 9.44. The Morgan fingerprint density at radius 3 is 2.35 bits per heavy atom. The molecule has 0 N–H and O–H groups in total. The molecule has 0 radical (unpaired) electrons. The third kappa shape index (κ3) is 3.54. The molecule has 0 saturated heterocycles. The van der Waals surface area contributed by atoms with Gasteiger partial charge in [0.1, 0.15) is 5.78 Å². The van der Waals surface area contributed by atoms with Crippen molar-refractivity contribution in [1.29, 1.82) is 0 Å². The Bertz CT molecular complexity index is 804. The van der Waals surface area contributed by atoms with Crippen LogP contribution in [0.3, 0.4) is 0 Å². The molecule has 4 fully saturated rings. The van der Waals surface area contributed by atoms with Crippen LogP contribution in [0.4, 0.5) is 0 Å². The number of ether oxygens (including phenoxy) is 2. The third-order valence-electron chi connectivity index (χ3n) is 9.67. The van der Waals surface area contributed by atoms with Crippen LogP contribution in [0.25, 0.3) is 0 Å². The monoisotopic (exact) mass is 432 g/mol. The quantitative estimate of drug-likeness (QED) is 0.623. The summed E-state index contributed by atoms with van der Waals surface area (Å²) in [6, 6.07) is 0. The van der Waals surface area contributed by atoms with Gasteiger partial charge in [0.05, 0.1) is 0 Å². The fraction of sp³-hybridized carbons (Fsp3) is 0.840. The molecule has 0 spiro atoms. The van der Waals surface area contributed by atoms with Crippen LogP contribution in [-0.4, -0.2) is 35.7 Å².